The second-order valence-corrected chi connectivity index (χ2v) is 5.11. The first kappa shape index (κ1) is 15.0. The van der Waals surface area contributed by atoms with Crippen LogP contribution in [0.15, 0.2) is 30.3 Å². The molecule has 1 aromatic carbocycles. The molecule has 0 amide bonds. The Morgan fingerprint density at radius 1 is 1.29 bits per heavy atom. The lowest BCUT2D eigenvalue weighted by atomic mass is 10.1. The Bertz CT molecular complexity index is 654. The van der Waals surface area contributed by atoms with Crippen molar-refractivity contribution < 1.29 is 9.90 Å². The topological polar surface area (TPSA) is 75.1 Å². The van der Waals surface area contributed by atoms with Crippen LogP contribution in [0.1, 0.15) is 48.6 Å². The number of anilines is 2. The third-order valence-corrected chi connectivity index (χ3v) is 3.08. The van der Waals surface area contributed by atoms with Crippen LogP contribution in [0.25, 0.3) is 0 Å². The van der Waals surface area contributed by atoms with E-state index in [-0.39, 0.29) is 5.56 Å². The largest absolute Gasteiger partial charge is 0.478 e. The molecule has 0 aliphatic rings. The standard InChI is InChI=1S/C16H19N3O2/c1-4-14-18-13(10(2)3)9-15(19-14)17-12-7-5-6-11(8-12)16(20)21/h5-10H,4H2,1-3H3,(H,20,21)(H,17,18,19). The smallest absolute Gasteiger partial charge is 0.335 e. The average Bonchev–Trinajstić information content (AvgIpc) is 2.47. The molecule has 2 N–H and O–H groups in total. The fraction of sp³-hybridized carbons (Fsp3) is 0.312. The fourth-order valence-electron chi connectivity index (χ4n) is 1.91. The van der Waals surface area contributed by atoms with Crippen LogP contribution in [-0.2, 0) is 6.42 Å². The van der Waals surface area contributed by atoms with E-state index in [1.165, 1.54) is 0 Å². The summed E-state index contributed by atoms with van der Waals surface area (Å²) in [4.78, 5) is 19.9. The Hall–Kier alpha value is -2.43. The normalized spacial score (nSPS) is 10.7. The number of aromatic nitrogens is 2. The van der Waals surface area contributed by atoms with E-state index in [4.69, 9.17) is 5.11 Å². The molecule has 0 aliphatic carbocycles. The van der Waals surface area contributed by atoms with Crippen LogP contribution in [0.3, 0.4) is 0 Å². The summed E-state index contributed by atoms with van der Waals surface area (Å²) in [7, 11) is 0. The van der Waals surface area contributed by atoms with Gasteiger partial charge in [-0.1, -0.05) is 26.8 Å². The second-order valence-electron chi connectivity index (χ2n) is 5.11. The van der Waals surface area contributed by atoms with Crippen LogP contribution >= 0.6 is 0 Å². The first-order chi connectivity index (χ1) is 9.99. The van der Waals surface area contributed by atoms with Gasteiger partial charge in [0.25, 0.3) is 0 Å². The molecule has 0 spiro atoms. The third-order valence-electron chi connectivity index (χ3n) is 3.08. The molecule has 5 nitrogen and oxygen atoms in total. The maximum absolute atomic E-state index is 11.0. The molecule has 2 rings (SSSR count). The van der Waals surface area contributed by atoms with Gasteiger partial charge in [-0.25, -0.2) is 14.8 Å². The lowest BCUT2D eigenvalue weighted by molar-refractivity contribution is 0.0697. The number of nitrogens with zero attached hydrogens (tertiary/aromatic N) is 2. The number of aryl methyl sites for hydroxylation is 1. The molecule has 5 heteroatoms. The van der Waals surface area contributed by atoms with Crippen molar-refractivity contribution >= 4 is 17.5 Å². The van der Waals surface area contributed by atoms with Gasteiger partial charge in [0, 0.05) is 23.9 Å². The van der Waals surface area contributed by atoms with Gasteiger partial charge in [0.1, 0.15) is 11.6 Å². The zero-order valence-corrected chi connectivity index (χ0v) is 12.4. The lowest BCUT2D eigenvalue weighted by Gasteiger charge is -2.11. The molecule has 0 radical (unpaired) electrons. The Morgan fingerprint density at radius 2 is 2.05 bits per heavy atom. The lowest BCUT2D eigenvalue weighted by Crippen LogP contribution is -2.04. The van der Waals surface area contributed by atoms with E-state index < -0.39 is 5.97 Å². The number of carboxylic acid groups (broad SMARTS) is 1. The van der Waals surface area contributed by atoms with E-state index in [2.05, 4.69) is 29.1 Å². The van der Waals surface area contributed by atoms with Gasteiger partial charge in [0.2, 0.25) is 0 Å². The van der Waals surface area contributed by atoms with Gasteiger partial charge in [0.15, 0.2) is 0 Å². The minimum Gasteiger partial charge on any atom is -0.478 e. The van der Waals surface area contributed by atoms with E-state index in [0.29, 0.717) is 17.4 Å². The predicted molar refractivity (Wildman–Crippen MR) is 82.2 cm³/mol. The van der Waals surface area contributed by atoms with Crippen LogP contribution in [0, 0.1) is 0 Å². The minimum absolute atomic E-state index is 0.244. The third kappa shape index (κ3) is 3.78. The van der Waals surface area contributed by atoms with Crippen molar-refractivity contribution in [2.45, 2.75) is 33.1 Å². The molecule has 0 unspecified atom stereocenters. The van der Waals surface area contributed by atoms with Crippen molar-refractivity contribution in [3.8, 4) is 0 Å². The summed E-state index contributed by atoms with van der Waals surface area (Å²) in [5.41, 5.74) is 1.91. The Labute approximate surface area is 124 Å². The average molecular weight is 285 g/mol. The van der Waals surface area contributed by atoms with Gasteiger partial charge in [-0.2, -0.15) is 0 Å². The molecule has 1 heterocycles. The Balaban J connectivity index is 2.32. The van der Waals surface area contributed by atoms with Gasteiger partial charge in [-0.05, 0) is 24.1 Å². The zero-order valence-electron chi connectivity index (χ0n) is 12.4. The minimum atomic E-state index is -0.946. The molecule has 2 aromatic rings. The summed E-state index contributed by atoms with van der Waals surface area (Å²) in [5.74, 6) is 0.828. The molecule has 1 aromatic heterocycles. The van der Waals surface area contributed by atoms with Gasteiger partial charge >= 0.3 is 5.97 Å². The number of rotatable bonds is 5. The van der Waals surface area contributed by atoms with Gasteiger partial charge < -0.3 is 10.4 Å². The fourth-order valence-corrected chi connectivity index (χ4v) is 1.91. The van der Waals surface area contributed by atoms with E-state index >= 15 is 0 Å². The first-order valence-electron chi connectivity index (χ1n) is 6.97. The number of hydrogen-bond donors (Lipinski definition) is 2. The molecular formula is C16H19N3O2. The molecular weight excluding hydrogens is 266 g/mol. The SMILES string of the molecule is CCc1nc(Nc2cccc(C(=O)O)c2)cc(C(C)C)n1. The molecule has 0 bridgehead atoms. The number of carbonyl (C=O) groups is 1. The number of aromatic carboxylic acids is 1. The summed E-state index contributed by atoms with van der Waals surface area (Å²) in [6.07, 6.45) is 0.754. The zero-order chi connectivity index (χ0) is 15.4. The molecule has 0 aliphatic heterocycles. The van der Waals surface area contributed by atoms with E-state index in [0.717, 1.165) is 17.9 Å². The van der Waals surface area contributed by atoms with E-state index in [1.807, 2.05) is 19.1 Å². The van der Waals surface area contributed by atoms with Gasteiger partial charge in [-0.15, -0.1) is 0 Å². The second kappa shape index (κ2) is 6.35. The van der Waals surface area contributed by atoms with Gasteiger partial charge in [-0.3, -0.25) is 0 Å². The predicted octanol–water partition coefficient (Wildman–Crippen LogP) is 3.60. The highest BCUT2D eigenvalue weighted by molar-refractivity contribution is 5.89. The maximum atomic E-state index is 11.0. The number of nitrogens with one attached hydrogen (secondary N) is 1. The monoisotopic (exact) mass is 285 g/mol. The van der Waals surface area contributed by atoms with E-state index in [1.54, 1.807) is 18.2 Å². The first-order valence-corrected chi connectivity index (χ1v) is 6.97. The van der Waals surface area contributed by atoms with Crippen LogP contribution in [0.2, 0.25) is 0 Å². The molecule has 0 saturated carbocycles. The summed E-state index contributed by atoms with van der Waals surface area (Å²) < 4.78 is 0. The van der Waals surface area contributed by atoms with Crippen molar-refractivity contribution in [2.24, 2.45) is 0 Å². The summed E-state index contributed by atoms with van der Waals surface area (Å²) in [6.45, 7) is 6.17. The molecule has 110 valence electrons. The number of benzene rings is 1. The highest BCUT2D eigenvalue weighted by Gasteiger charge is 2.08. The van der Waals surface area contributed by atoms with Crippen LogP contribution < -0.4 is 5.32 Å². The van der Waals surface area contributed by atoms with E-state index in [9.17, 15) is 4.79 Å². The highest BCUT2D eigenvalue weighted by Crippen LogP contribution is 2.20. The Kier molecular flexibility index (Phi) is 4.52. The van der Waals surface area contributed by atoms with Crippen molar-refractivity contribution in [1.29, 1.82) is 0 Å². The molecule has 21 heavy (non-hydrogen) atoms. The summed E-state index contributed by atoms with van der Waals surface area (Å²) >= 11 is 0. The van der Waals surface area contributed by atoms with Crippen molar-refractivity contribution in [3.05, 3.63) is 47.4 Å². The van der Waals surface area contributed by atoms with Crippen LogP contribution in [0.4, 0.5) is 11.5 Å². The maximum Gasteiger partial charge on any atom is 0.335 e. The quantitative estimate of drug-likeness (QED) is 0.877. The molecule has 0 fully saturated rings. The Morgan fingerprint density at radius 3 is 2.67 bits per heavy atom. The number of carboxylic acids is 1. The molecule has 0 atom stereocenters. The van der Waals surface area contributed by atoms with Crippen molar-refractivity contribution in [3.63, 3.8) is 0 Å². The summed E-state index contributed by atoms with van der Waals surface area (Å²) in [6, 6.07) is 8.57. The van der Waals surface area contributed by atoms with Crippen LogP contribution in [0.5, 0.6) is 0 Å². The van der Waals surface area contributed by atoms with Crippen LogP contribution in [-0.4, -0.2) is 21.0 Å². The van der Waals surface area contributed by atoms with Gasteiger partial charge in [0.05, 0.1) is 5.56 Å². The molecule has 0 saturated heterocycles. The highest BCUT2D eigenvalue weighted by atomic mass is 16.4. The van der Waals surface area contributed by atoms with Crippen molar-refractivity contribution in [2.75, 3.05) is 5.32 Å². The van der Waals surface area contributed by atoms with Crippen molar-refractivity contribution in [1.82, 2.24) is 9.97 Å². The number of hydrogen-bond acceptors (Lipinski definition) is 4. The summed E-state index contributed by atoms with van der Waals surface area (Å²) in [5, 5.41) is 12.2.